The van der Waals surface area contributed by atoms with Crippen molar-refractivity contribution >= 4 is 11.9 Å². The summed E-state index contributed by atoms with van der Waals surface area (Å²) in [6, 6.07) is -1.58. The van der Waals surface area contributed by atoms with Crippen LogP contribution in [0.3, 0.4) is 0 Å². The SMILES string of the molecule is CCOC(=O)C1(F)OC([C@H](O)[C@H](O)CO)C(C)C(N=C(N)N)C1F. The van der Waals surface area contributed by atoms with E-state index in [9.17, 15) is 23.8 Å². The number of nitrogens with zero attached hydrogens (tertiary/aromatic N) is 1. The van der Waals surface area contributed by atoms with Crippen molar-refractivity contribution < 1.29 is 38.4 Å². The second-order valence-corrected chi connectivity index (χ2v) is 5.49. The van der Waals surface area contributed by atoms with Crippen molar-refractivity contribution in [3.05, 3.63) is 0 Å². The number of aliphatic hydroxyl groups is 3. The van der Waals surface area contributed by atoms with Crippen LogP contribution >= 0.6 is 0 Å². The Kier molecular flexibility index (Phi) is 6.84. The maximum Gasteiger partial charge on any atom is 0.375 e. The van der Waals surface area contributed by atoms with Gasteiger partial charge in [0.15, 0.2) is 12.1 Å². The molecule has 0 aromatic heterocycles. The molecule has 24 heavy (non-hydrogen) atoms. The van der Waals surface area contributed by atoms with Crippen molar-refractivity contribution in [3.63, 3.8) is 0 Å². The van der Waals surface area contributed by atoms with E-state index in [2.05, 4.69) is 9.73 Å². The van der Waals surface area contributed by atoms with Gasteiger partial charge in [-0.3, -0.25) is 0 Å². The Labute approximate surface area is 137 Å². The van der Waals surface area contributed by atoms with E-state index in [1.807, 2.05) is 0 Å². The van der Waals surface area contributed by atoms with Crippen molar-refractivity contribution in [1.29, 1.82) is 0 Å². The molecule has 0 saturated carbocycles. The van der Waals surface area contributed by atoms with E-state index in [1.165, 1.54) is 13.8 Å². The number of ether oxygens (including phenoxy) is 2. The van der Waals surface area contributed by atoms with Crippen LogP contribution in [0.4, 0.5) is 8.78 Å². The summed E-state index contributed by atoms with van der Waals surface area (Å²) in [5.41, 5.74) is 10.4. The Morgan fingerprint density at radius 2 is 2.04 bits per heavy atom. The van der Waals surface area contributed by atoms with Crippen LogP contribution in [-0.4, -0.2) is 76.8 Å². The minimum Gasteiger partial charge on any atom is -0.462 e. The van der Waals surface area contributed by atoms with Crippen molar-refractivity contribution in [3.8, 4) is 0 Å². The molecule has 11 heteroatoms. The summed E-state index contributed by atoms with van der Waals surface area (Å²) in [6.07, 6.45) is -7.72. The van der Waals surface area contributed by atoms with E-state index in [4.69, 9.17) is 21.3 Å². The minimum absolute atomic E-state index is 0.240. The number of hydrogen-bond acceptors (Lipinski definition) is 7. The van der Waals surface area contributed by atoms with Gasteiger partial charge in [-0.05, 0) is 6.92 Å². The second kappa shape index (κ2) is 8.01. The third-order valence-electron chi connectivity index (χ3n) is 3.79. The topological polar surface area (TPSA) is 161 Å². The molecule has 0 amide bonds. The normalized spacial score (nSPS) is 35.8. The lowest BCUT2D eigenvalue weighted by Crippen LogP contribution is -2.65. The molecule has 1 fully saturated rings. The number of aliphatic imine (C=N–C) groups is 1. The first-order valence-corrected chi connectivity index (χ1v) is 7.33. The van der Waals surface area contributed by atoms with Crippen LogP contribution in [0.2, 0.25) is 0 Å². The Morgan fingerprint density at radius 1 is 1.46 bits per heavy atom. The number of alkyl halides is 2. The highest BCUT2D eigenvalue weighted by atomic mass is 19.2. The molecular formula is C13H23F2N3O6. The van der Waals surface area contributed by atoms with Gasteiger partial charge < -0.3 is 36.3 Å². The van der Waals surface area contributed by atoms with Gasteiger partial charge in [0.2, 0.25) is 0 Å². The standard InChI is InChI=1S/C13H23F2N3O6/c1-3-23-11(22)13(15)10(14)7(18-12(16)17)5(2)9(24-13)8(21)6(20)4-19/h5-10,19-21H,3-4H2,1-2H3,(H4,16,17,18)/t5?,6-,7?,8-,9?,10?,13?/m1/s1. The largest absolute Gasteiger partial charge is 0.462 e. The molecule has 5 unspecified atom stereocenters. The van der Waals surface area contributed by atoms with Crippen molar-refractivity contribution in [2.24, 2.45) is 22.4 Å². The monoisotopic (exact) mass is 355 g/mol. The van der Waals surface area contributed by atoms with Crippen LogP contribution in [0.25, 0.3) is 0 Å². The number of nitrogens with two attached hydrogens (primary N) is 2. The van der Waals surface area contributed by atoms with Gasteiger partial charge in [-0.15, -0.1) is 0 Å². The number of aliphatic hydroxyl groups excluding tert-OH is 3. The minimum atomic E-state index is -3.58. The molecule has 0 aromatic carbocycles. The van der Waals surface area contributed by atoms with Crippen LogP contribution in [0, 0.1) is 5.92 Å². The van der Waals surface area contributed by atoms with Crippen molar-refractivity contribution in [2.75, 3.05) is 13.2 Å². The molecule has 1 aliphatic rings. The predicted octanol–water partition coefficient (Wildman–Crippen LogP) is -2.06. The smallest absolute Gasteiger partial charge is 0.375 e. The molecule has 0 aromatic rings. The third kappa shape index (κ3) is 3.91. The number of hydrogen-bond donors (Lipinski definition) is 5. The third-order valence-corrected chi connectivity index (χ3v) is 3.79. The summed E-state index contributed by atoms with van der Waals surface area (Å²) in [4.78, 5) is 15.4. The lowest BCUT2D eigenvalue weighted by molar-refractivity contribution is -0.284. The summed E-state index contributed by atoms with van der Waals surface area (Å²) in [7, 11) is 0. The average Bonchev–Trinajstić information content (AvgIpc) is 2.53. The number of rotatable bonds is 6. The molecule has 0 bridgehead atoms. The molecule has 0 aliphatic carbocycles. The number of carbonyl (C=O) groups excluding carboxylic acids is 1. The van der Waals surface area contributed by atoms with Crippen molar-refractivity contribution in [2.45, 2.75) is 50.2 Å². The first-order valence-electron chi connectivity index (χ1n) is 7.33. The quantitative estimate of drug-likeness (QED) is 0.207. The van der Waals surface area contributed by atoms with E-state index in [-0.39, 0.29) is 6.61 Å². The first kappa shape index (κ1) is 20.5. The molecule has 7 atom stereocenters. The van der Waals surface area contributed by atoms with Crippen LogP contribution < -0.4 is 11.5 Å². The van der Waals surface area contributed by atoms with Gasteiger partial charge >= 0.3 is 11.8 Å². The van der Waals surface area contributed by atoms with Crippen LogP contribution in [0.1, 0.15) is 13.8 Å². The van der Waals surface area contributed by atoms with Gasteiger partial charge in [0, 0.05) is 5.92 Å². The van der Waals surface area contributed by atoms with Gasteiger partial charge in [-0.25, -0.2) is 14.2 Å². The fraction of sp³-hybridized carbons (Fsp3) is 0.846. The molecule has 1 saturated heterocycles. The van der Waals surface area contributed by atoms with Gasteiger partial charge in [-0.2, -0.15) is 4.39 Å². The summed E-state index contributed by atoms with van der Waals surface area (Å²) in [5.74, 6) is -6.81. The first-order chi connectivity index (χ1) is 11.1. The van der Waals surface area contributed by atoms with Gasteiger partial charge in [-0.1, -0.05) is 6.92 Å². The van der Waals surface area contributed by atoms with E-state index in [0.717, 1.165) is 0 Å². The zero-order valence-corrected chi connectivity index (χ0v) is 13.3. The van der Waals surface area contributed by atoms with Crippen LogP contribution in [0.5, 0.6) is 0 Å². The Morgan fingerprint density at radius 3 is 2.50 bits per heavy atom. The lowest BCUT2D eigenvalue weighted by Gasteiger charge is -2.45. The summed E-state index contributed by atoms with van der Waals surface area (Å²) in [6.45, 7) is 1.62. The molecule has 7 N–H and O–H groups in total. The molecule has 140 valence electrons. The fourth-order valence-electron chi connectivity index (χ4n) is 2.50. The van der Waals surface area contributed by atoms with Gasteiger partial charge in [0.05, 0.1) is 25.4 Å². The predicted molar refractivity (Wildman–Crippen MR) is 78.1 cm³/mol. The van der Waals surface area contributed by atoms with E-state index in [0.29, 0.717) is 0 Å². The molecule has 0 radical (unpaired) electrons. The van der Waals surface area contributed by atoms with Crippen molar-refractivity contribution in [1.82, 2.24) is 0 Å². The lowest BCUT2D eigenvalue weighted by atomic mass is 9.82. The zero-order chi connectivity index (χ0) is 18.7. The van der Waals surface area contributed by atoms with Crippen LogP contribution in [-0.2, 0) is 14.3 Å². The Balaban J connectivity index is 3.27. The Bertz CT molecular complexity index is 479. The van der Waals surface area contributed by atoms with Gasteiger partial charge in [0.1, 0.15) is 12.2 Å². The highest BCUT2D eigenvalue weighted by Crippen LogP contribution is 2.40. The maximum absolute atomic E-state index is 14.9. The Hall–Kier alpha value is -1.56. The molecular weight excluding hydrogens is 332 g/mol. The maximum atomic E-state index is 14.9. The number of halogens is 2. The molecule has 1 rings (SSSR count). The summed E-state index contributed by atoms with van der Waals surface area (Å²) in [5, 5.41) is 28.5. The molecule has 1 aliphatic heterocycles. The van der Waals surface area contributed by atoms with Gasteiger partial charge in [0.25, 0.3) is 0 Å². The number of carbonyl (C=O) groups is 1. The summed E-state index contributed by atoms with van der Waals surface area (Å²) >= 11 is 0. The molecule has 9 nitrogen and oxygen atoms in total. The number of guanidine groups is 1. The molecule has 1 heterocycles. The highest BCUT2D eigenvalue weighted by molar-refractivity contribution is 5.79. The number of esters is 1. The average molecular weight is 355 g/mol. The highest BCUT2D eigenvalue weighted by Gasteiger charge is 2.62. The fourth-order valence-corrected chi connectivity index (χ4v) is 2.50. The molecule has 0 spiro atoms. The second-order valence-electron chi connectivity index (χ2n) is 5.49. The zero-order valence-electron chi connectivity index (χ0n) is 13.3. The van der Waals surface area contributed by atoms with E-state index in [1.54, 1.807) is 0 Å². The summed E-state index contributed by atoms with van der Waals surface area (Å²) < 4.78 is 38.8. The van der Waals surface area contributed by atoms with E-state index < -0.39 is 60.8 Å². The van der Waals surface area contributed by atoms with E-state index >= 15 is 0 Å². The van der Waals surface area contributed by atoms with Crippen LogP contribution in [0.15, 0.2) is 4.99 Å².